The van der Waals surface area contributed by atoms with Crippen LogP contribution in [0.3, 0.4) is 0 Å². The van der Waals surface area contributed by atoms with E-state index in [2.05, 4.69) is 20.8 Å². The van der Waals surface area contributed by atoms with E-state index in [-0.39, 0.29) is 51.6 Å². The van der Waals surface area contributed by atoms with Crippen molar-refractivity contribution in [1.82, 2.24) is 14.9 Å². The van der Waals surface area contributed by atoms with E-state index >= 15 is 8.78 Å². The molecule has 0 bridgehead atoms. The molecule has 2 atom stereocenters. The number of phenols is 1. The lowest BCUT2D eigenvalue weighted by atomic mass is 9.92. The first kappa shape index (κ1) is 28.6. The van der Waals surface area contributed by atoms with Gasteiger partial charge in [-0.05, 0) is 55.5 Å². The Labute approximate surface area is 251 Å². The van der Waals surface area contributed by atoms with Gasteiger partial charge in [0, 0.05) is 49.0 Å². The molecule has 7 rings (SSSR count). The van der Waals surface area contributed by atoms with Crippen molar-refractivity contribution < 1.29 is 32.1 Å². The Kier molecular flexibility index (Phi) is 7.22. The maximum absolute atomic E-state index is 16.7. The molecule has 0 amide bonds. The molecule has 3 aromatic carbocycles. The molecule has 0 saturated carbocycles. The summed E-state index contributed by atoms with van der Waals surface area (Å²) in [5.41, 5.74) is -1.52. The zero-order chi connectivity index (χ0) is 30.6. The van der Waals surface area contributed by atoms with Crippen molar-refractivity contribution in [1.29, 1.82) is 0 Å². The van der Waals surface area contributed by atoms with Gasteiger partial charge in [0.15, 0.2) is 5.82 Å². The van der Waals surface area contributed by atoms with Gasteiger partial charge in [0.25, 0.3) is 0 Å². The fourth-order valence-corrected chi connectivity index (χ4v) is 7.08. The van der Waals surface area contributed by atoms with Crippen molar-refractivity contribution in [3.05, 3.63) is 53.3 Å². The smallest absolute Gasteiger partial charge is 0.319 e. The fourth-order valence-electron chi connectivity index (χ4n) is 7.08. The van der Waals surface area contributed by atoms with Crippen LogP contribution in [0.5, 0.6) is 11.8 Å². The van der Waals surface area contributed by atoms with E-state index in [0.717, 1.165) is 37.6 Å². The average molecular weight is 607 g/mol. The molecule has 4 aromatic rings. The number of aromatic nitrogens is 2. The molecule has 1 N–H and O–H groups in total. The molecule has 0 radical (unpaired) electrons. The third-order valence-corrected chi connectivity index (χ3v) is 9.06. The Morgan fingerprint density at radius 1 is 1.07 bits per heavy atom. The number of ether oxygens (including phenoxy) is 2. The molecule has 228 valence electrons. The van der Waals surface area contributed by atoms with E-state index in [1.54, 1.807) is 0 Å². The normalized spacial score (nSPS) is 22.3. The molecule has 3 saturated heterocycles. The Morgan fingerprint density at radius 2 is 1.93 bits per heavy atom. The number of nitrogens with zero attached hydrogens (tertiary/aromatic N) is 4. The first-order valence-corrected chi connectivity index (χ1v) is 14.7. The first-order valence-electron chi connectivity index (χ1n) is 14.7. The van der Waals surface area contributed by atoms with Crippen LogP contribution in [0.1, 0.15) is 31.2 Å². The molecule has 1 aromatic heterocycles. The van der Waals surface area contributed by atoms with E-state index < -0.39 is 34.7 Å². The van der Waals surface area contributed by atoms with E-state index in [0.29, 0.717) is 51.1 Å². The topological polar surface area (TPSA) is 71.0 Å². The first-order chi connectivity index (χ1) is 21.3. The number of halogens is 4. The minimum absolute atomic E-state index is 0.0836. The van der Waals surface area contributed by atoms with Crippen LogP contribution in [0.25, 0.3) is 32.8 Å². The SMILES string of the molecule is C#Cc1c(F)ccc2cc(O)cc(-c3c(F)cc4c(N5CCCOCC5)nc(OC[C@@]56CCCN5C[C@H](F)C6)nc4c3F)c12. The second kappa shape index (κ2) is 11.1. The largest absolute Gasteiger partial charge is 0.508 e. The summed E-state index contributed by atoms with van der Waals surface area (Å²) in [6, 6.07) is 6.06. The van der Waals surface area contributed by atoms with Crippen LogP contribution in [0, 0.1) is 29.8 Å². The number of hydrogen-bond donors (Lipinski definition) is 1. The van der Waals surface area contributed by atoms with Crippen LogP contribution >= 0.6 is 0 Å². The van der Waals surface area contributed by atoms with Crippen molar-refractivity contribution in [2.45, 2.75) is 37.4 Å². The summed E-state index contributed by atoms with van der Waals surface area (Å²) in [4.78, 5) is 13.0. The minimum atomic E-state index is -1.04. The summed E-state index contributed by atoms with van der Waals surface area (Å²) in [7, 11) is 0. The quantitative estimate of drug-likeness (QED) is 0.230. The van der Waals surface area contributed by atoms with Gasteiger partial charge in [-0.25, -0.2) is 17.6 Å². The van der Waals surface area contributed by atoms with Crippen LogP contribution in [0.4, 0.5) is 23.4 Å². The van der Waals surface area contributed by atoms with Gasteiger partial charge in [0.05, 0.1) is 23.3 Å². The predicted octanol–water partition coefficient (Wildman–Crippen LogP) is 5.74. The van der Waals surface area contributed by atoms with Crippen LogP contribution in [0.2, 0.25) is 0 Å². The van der Waals surface area contributed by atoms with Crippen LogP contribution in [-0.4, -0.2) is 77.7 Å². The second-order valence-corrected chi connectivity index (χ2v) is 11.7. The summed E-state index contributed by atoms with van der Waals surface area (Å²) in [6.45, 7) is 3.14. The van der Waals surface area contributed by atoms with E-state index in [9.17, 15) is 13.9 Å². The summed E-state index contributed by atoms with van der Waals surface area (Å²) in [5, 5.41) is 11.0. The van der Waals surface area contributed by atoms with Crippen LogP contribution < -0.4 is 9.64 Å². The van der Waals surface area contributed by atoms with Gasteiger partial charge in [-0.1, -0.05) is 12.0 Å². The lowest BCUT2D eigenvalue weighted by Crippen LogP contribution is -2.43. The van der Waals surface area contributed by atoms with Gasteiger partial charge in [0.2, 0.25) is 0 Å². The monoisotopic (exact) mass is 606 g/mol. The lowest BCUT2D eigenvalue weighted by molar-refractivity contribution is 0.107. The lowest BCUT2D eigenvalue weighted by Gasteiger charge is -2.31. The van der Waals surface area contributed by atoms with Gasteiger partial charge in [0.1, 0.15) is 41.5 Å². The molecule has 0 spiro atoms. The van der Waals surface area contributed by atoms with Gasteiger partial charge in [-0.15, -0.1) is 6.42 Å². The number of hydrogen-bond acceptors (Lipinski definition) is 7. The van der Waals surface area contributed by atoms with Crippen LogP contribution in [0.15, 0.2) is 30.3 Å². The number of benzene rings is 3. The third-order valence-electron chi connectivity index (χ3n) is 9.06. The zero-order valence-electron chi connectivity index (χ0n) is 23.9. The predicted molar refractivity (Wildman–Crippen MR) is 158 cm³/mol. The number of phenolic OH excluding ortho intramolecular Hbond substituents is 1. The van der Waals surface area contributed by atoms with E-state index in [1.807, 2.05) is 4.90 Å². The van der Waals surface area contributed by atoms with Crippen molar-refractivity contribution >= 4 is 27.5 Å². The van der Waals surface area contributed by atoms with Crippen molar-refractivity contribution in [2.24, 2.45) is 0 Å². The molecule has 0 unspecified atom stereocenters. The van der Waals surface area contributed by atoms with E-state index in [1.165, 1.54) is 12.1 Å². The van der Waals surface area contributed by atoms with Gasteiger partial charge in [-0.2, -0.15) is 9.97 Å². The minimum Gasteiger partial charge on any atom is -0.508 e. The highest BCUT2D eigenvalue weighted by Gasteiger charge is 2.49. The van der Waals surface area contributed by atoms with E-state index in [4.69, 9.17) is 15.9 Å². The van der Waals surface area contributed by atoms with Gasteiger partial charge in [-0.3, -0.25) is 4.90 Å². The Hall–Kier alpha value is -4.14. The molecular weight excluding hydrogens is 576 g/mol. The Bertz CT molecular complexity index is 1820. The highest BCUT2D eigenvalue weighted by molar-refractivity contribution is 6.04. The van der Waals surface area contributed by atoms with Crippen molar-refractivity contribution in [3.63, 3.8) is 0 Å². The standard InChI is InChI=1S/C33H30F4N4O3/c1-2-22-25(35)6-5-19-13-21(42)14-23(27(19)22)28-26(36)15-24-30(29(28)37)38-32(39-31(24)40-8-4-11-43-12-10-40)44-18-33-7-3-9-41(33)17-20(34)16-33/h1,5-6,13-15,20,42H,3-4,7-12,16-18H2/t20-,33+/m1/s1. The average Bonchev–Trinajstić information content (AvgIpc) is 3.38. The molecule has 0 aliphatic carbocycles. The maximum atomic E-state index is 16.7. The summed E-state index contributed by atoms with van der Waals surface area (Å²) < 4.78 is 73.7. The number of rotatable bonds is 5. The summed E-state index contributed by atoms with van der Waals surface area (Å²) >= 11 is 0. The second-order valence-electron chi connectivity index (χ2n) is 11.7. The molecule has 3 fully saturated rings. The number of alkyl halides is 1. The number of anilines is 1. The van der Waals surface area contributed by atoms with Crippen molar-refractivity contribution in [2.75, 3.05) is 50.9 Å². The van der Waals surface area contributed by atoms with Gasteiger partial charge < -0.3 is 19.5 Å². The number of terminal acetylenes is 1. The molecule has 7 nitrogen and oxygen atoms in total. The van der Waals surface area contributed by atoms with Gasteiger partial charge >= 0.3 is 6.01 Å². The Morgan fingerprint density at radius 3 is 2.77 bits per heavy atom. The highest BCUT2D eigenvalue weighted by Crippen LogP contribution is 2.43. The summed E-state index contributed by atoms with van der Waals surface area (Å²) in [5.74, 6) is -0.447. The molecule has 44 heavy (non-hydrogen) atoms. The number of fused-ring (bicyclic) bond motifs is 3. The maximum Gasteiger partial charge on any atom is 0.319 e. The fraction of sp³-hybridized carbons (Fsp3) is 0.394. The number of aromatic hydroxyl groups is 1. The molecular formula is C33H30F4N4O3. The van der Waals surface area contributed by atoms with Crippen molar-refractivity contribution in [3.8, 4) is 35.2 Å². The summed E-state index contributed by atoms with van der Waals surface area (Å²) in [6.07, 6.45) is 7.35. The molecule has 3 aliphatic heterocycles. The zero-order valence-corrected chi connectivity index (χ0v) is 23.9. The molecule has 3 aliphatic rings. The molecule has 4 heterocycles. The highest BCUT2D eigenvalue weighted by atomic mass is 19.1. The van der Waals surface area contributed by atoms with Crippen LogP contribution in [-0.2, 0) is 4.74 Å². The molecule has 11 heteroatoms. The third kappa shape index (κ3) is 4.77. The Balaban J connectivity index is 1.41.